The molecule has 1 aliphatic rings. The van der Waals surface area contributed by atoms with Crippen molar-refractivity contribution < 1.29 is 19.3 Å². The average Bonchev–Trinajstić information content (AvgIpc) is 2.67. The van der Waals surface area contributed by atoms with Gasteiger partial charge in [-0.3, -0.25) is 4.89 Å². The highest BCUT2D eigenvalue weighted by molar-refractivity contribution is 5.67. The Morgan fingerprint density at radius 2 is 2.07 bits per heavy atom. The summed E-state index contributed by atoms with van der Waals surface area (Å²) in [5.74, 6) is 0. The predicted octanol–water partition coefficient (Wildman–Crippen LogP) is 1.53. The number of carbonyl (C=O) groups excluding carboxylic acids is 1. The molecule has 0 bridgehead atoms. The number of ether oxygens (including phenoxy) is 1. The lowest BCUT2D eigenvalue weighted by molar-refractivity contribution is -0.335. The molecule has 1 fully saturated rings. The van der Waals surface area contributed by atoms with Crippen LogP contribution in [0.5, 0.6) is 0 Å². The molecule has 1 unspecified atom stereocenters. The first-order valence-electron chi connectivity index (χ1n) is 4.98. The van der Waals surface area contributed by atoms with Crippen molar-refractivity contribution in [3.63, 3.8) is 0 Å². The van der Waals surface area contributed by atoms with Crippen molar-refractivity contribution in [2.24, 2.45) is 0 Å². The topological polar surface area (TPSA) is 48.0 Å². The number of rotatable bonds is 4. The van der Waals surface area contributed by atoms with E-state index in [1.807, 2.05) is 6.92 Å². The standard InChI is InChI=1S/C9H17NO4/c1-3-12-8(2)13-14-9(11)10-6-4-5-7-10/h8H,3-7H2,1-2H3. The summed E-state index contributed by atoms with van der Waals surface area (Å²) in [4.78, 5) is 22.2. The summed E-state index contributed by atoms with van der Waals surface area (Å²) >= 11 is 0. The number of nitrogens with zero attached hydrogens (tertiary/aromatic N) is 1. The summed E-state index contributed by atoms with van der Waals surface area (Å²) in [6.07, 6.45) is 1.15. The van der Waals surface area contributed by atoms with Crippen molar-refractivity contribution in [1.82, 2.24) is 4.90 Å². The Kier molecular flexibility index (Phi) is 4.69. The minimum absolute atomic E-state index is 0.422. The van der Waals surface area contributed by atoms with E-state index in [1.165, 1.54) is 0 Å². The third-order valence-electron chi connectivity index (χ3n) is 2.02. The van der Waals surface area contributed by atoms with Crippen LogP contribution in [0.3, 0.4) is 0 Å². The molecular weight excluding hydrogens is 186 g/mol. The van der Waals surface area contributed by atoms with E-state index in [2.05, 4.69) is 4.89 Å². The van der Waals surface area contributed by atoms with Crippen LogP contribution in [0.2, 0.25) is 0 Å². The molecule has 0 aliphatic carbocycles. The third-order valence-corrected chi connectivity index (χ3v) is 2.02. The predicted molar refractivity (Wildman–Crippen MR) is 49.5 cm³/mol. The molecule has 1 saturated heterocycles. The Bertz CT molecular complexity index is 180. The fourth-order valence-electron chi connectivity index (χ4n) is 1.32. The zero-order chi connectivity index (χ0) is 10.4. The number of hydrogen-bond acceptors (Lipinski definition) is 4. The van der Waals surface area contributed by atoms with E-state index in [0.29, 0.717) is 6.61 Å². The van der Waals surface area contributed by atoms with Gasteiger partial charge in [-0.2, -0.15) is 4.89 Å². The third kappa shape index (κ3) is 3.51. The first kappa shape index (κ1) is 11.3. The van der Waals surface area contributed by atoms with Crippen molar-refractivity contribution in [2.75, 3.05) is 19.7 Å². The Morgan fingerprint density at radius 1 is 1.43 bits per heavy atom. The second-order valence-electron chi connectivity index (χ2n) is 3.16. The summed E-state index contributed by atoms with van der Waals surface area (Å²) < 4.78 is 5.04. The zero-order valence-corrected chi connectivity index (χ0v) is 8.69. The molecule has 0 aromatic rings. The van der Waals surface area contributed by atoms with Gasteiger partial charge in [0, 0.05) is 19.7 Å². The summed E-state index contributed by atoms with van der Waals surface area (Å²) in [6.45, 7) is 5.57. The van der Waals surface area contributed by atoms with Crippen LogP contribution in [0.4, 0.5) is 4.79 Å². The van der Waals surface area contributed by atoms with E-state index in [1.54, 1.807) is 11.8 Å². The first-order chi connectivity index (χ1) is 6.74. The van der Waals surface area contributed by atoms with Gasteiger partial charge in [0.25, 0.3) is 0 Å². The van der Waals surface area contributed by atoms with Crippen molar-refractivity contribution in [1.29, 1.82) is 0 Å². The van der Waals surface area contributed by atoms with Gasteiger partial charge in [0.1, 0.15) is 0 Å². The van der Waals surface area contributed by atoms with Gasteiger partial charge in [-0.15, -0.1) is 0 Å². The molecule has 5 heteroatoms. The minimum Gasteiger partial charge on any atom is -0.349 e. The van der Waals surface area contributed by atoms with Crippen LogP contribution < -0.4 is 0 Å². The van der Waals surface area contributed by atoms with Crippen LogP contribution in [0.15, 0.2) is 0 Å². The highest BCUT2D eigenvalue weighted by atomic mass is 17.2. The average molecular weight is 203 g/mol. The molecule has 1 aliphatic heterocycles. The van der Waals surface area contributed by atoms with Gasteiger partial charge >= 0.3 is 6.09 Å². The maximum atomic E-state index is 11.3. The van der Waals surface area contributed by atoms with E-state index >= 15 is 0 Å². The molecule has 1 heterocycles. The summed E-state index contributed by atoms with van der Waals surface area (Å²) in [7, 11) is 0. The lowest BCUT2D eigenvalue weighted by Gasteiger charge is -2.16. The Labute approximate surface area is 83.8 Å². The second-order valence-corrected chi connectivity index (χ2v) is 3.16. The number of carbonyl (C=O) groups is 1. The van der Waals surface area contributed by atoms with Gasteiger partial charge < -0.3 is 9.64 Å². The normalized spacial score (nSPS) is 18.3. The van der Waals surface area contributed by atoms with Crippen molar-refractivity contribution in [2.45, 2.75) is 33.0 Å². The molecule has 0 radical (unpaired) electrons. The number of likely N-dealkylation sites (tertiary alicyclic amines) is 1. The highest BCUT2D eigenvalue weighted by Gasteiger charge is 2.20. The van der Waals surface area contributed by atoms with Crippen LogP contribution >= 0.6 is 0 Å². The van der Waals surface area contributed by atoms with Crippen LogP contribution in [-0.4, -0.2) is 37.0 Å². The zero-order valence-electron chi connectivity index (χ0n) is 8.69. The maximum Gasteiger partial charge on any atom is 0.441 e. The van der Waals surface area contributed by atoms with Gasteiger partial charge in [0.05, 0.1) is 0 Å². The molecule has 0 saturated carbocycles. The lowest BCUT2D eigenvalue weighted by Crippen LogP contribution is -2.30. The summed E-state index contributed by atoms with van der Waals surface area (Å²) in [5.41, 5.74) is 0. The number of hydrogen-bond donors (Lipinski definition) is 0. The minimum atomic E-state index is -0.508. The lowest BCUT2D eigenvalue weighted by atomic mass is 10.4. The Morgan fingerprint density at radius 3 is 2.64 bits per heavy atom. The first-order valence-corrected chi connectivity index (χ1v) is 4.98. The van der Waals surface area contributed by atoms with Gasteiger partial charge in [-0.25, -0.2) is 4.79 Å². The van der Waals surface area contributed by atoms with E-state index in [0.717, 1.165) is 25.9 Å². The summed E-state index contributed by atoms with van der Waals surface area (Å²) in [6, 6.07) is 0. The molecule has 0 aromatic carbocycles. The molecule has 0 N–H and O–H groups in total. The fraction of sp³-hybridized carbons (Fsp3) is 0.889. The van der Waals surface area contributed by atoms with Crippen LogP contribution in [0.1, 0.15) is 26.7 Å². The molecule has 1 amide bonds. The molecule has 5 nitrogen and oxygen atoms in total. The molecular formula is C9H17NO4. The van der Waals surface area contributed by atoms with E-state index < -0.39 is 12.4 Å². The summed E-state index contributed by atoms with van der Waals surface area (Å²) in [5, 5.41) is 0. The van der Waals surface area contributed by atoms with E-state index in [9.17, 15) is 4.79 Å². The van der Waals surface area contributed by atoms with Gasteiger partial charge in [0.15, 0.2) is 6.29 Å². The van der Waals surface area contributed by atoms with Crippen molar-refractivity contribution in [3.8, 4) is 0 Å². The van der Waals surface area contributed by atoms with Gasteiger partial charge in [0.2, 0.25) is 0 Å². The molecule has 82 valence electrons. The molecule has 14 heavy (non-hydrogen) atoms. The van der Waals surface area contributed by atoms with Crippen molar-refractivity contribution >= 4 is 6.09 Å². The smallest absolute Gasteiger partial charge is 0.349 e. The molecule has 1 rings (SSSR count). The van der Waals surface area contributed by atoms with Gasteiger partial charge in [-0.05, 0) is 26.7 Å². The Balaban J connectivity index is 2.13. The molecule has 0 spiro atoms. The molecule has 0 aromatic heterocycles. The van der Waals surface area contributed by atoms with Crippen LogP contribution in [0.25, 0.3) is 0 Å². The fourth-order valence-corrected chi connectivity index (χ4v) is 1.32. The second kappa shape index (κ2) is 5.82. The number of amides is 1. The van der Waals surface area contributed by atoms with Crippen LogP contribution in [-0.2, 0) is 14.5 Å². The van der Waals surface area contributed by atoms with E-state index in [4.69, 9.17) is 9.62 Å². The Hall–Kier alpha value is -0.810. The largest absolute Gasteiger partial charge is 0.441 e. The van der Waals surface area contributed by atoms with Crippen molar-refractivity contribution in [3.05, 3.63) is 0 Å². The molecule has 1 atom stereocenters. The SMILES string of the molecule is CCOC(C)OOC(=O)N1CCCC1. The van der Waals surface area contributed by atoms with Gasteiger partial charge in [-0.1, -0.05) is 0 Å². The monoisotopic (exact) mass is 203 g/mol. The maximum absolute atomic E-state index is 11.3. The quantitative estimate of drug-likeness (QED) is 0.395. The van der Waals surface area contributed by atoms with Crippen LogP contribution in [0, 0.1) is 0 Å². The highest BCUT2D eigenvalue weighted by Crippen LogP contribution is 2.09. The van der Waals surface area contributed by atoms with E-state index in [-0.39, 0.29) is 0 Å².